The average Bonchev–Trinajstić information content (AvgIpc) is 3.14. The highest BCUT2D eigenvalue weighted by atomic mass is 16.5. The number of carbonyl (C=O) groups is 3. The van der Waals surface area contributed by atoms with E-state index < -0.39 is 11.9 Å². The van der Waals surface area contributed by atoms with Crippen molar-refractivity contribution in [3.05, 3.63) is 60.2 Å². The molecule has 0 saturated carbocycles. The van der Waals surface area contributed by atoms with E-state index in [0.29, 0.717) is 0 Å². The summed E-state index contributed by atoms with van der Waals surface area (Å²) in [5.41, 5.74) is 2.66. The van der Waals surface area contributed by atoms with Gasteiger partial charge in [-0.25, -0.2) is 0 Å². The van der Waals surface area contributed by atoms with Gasteiger partial charge in [0.25, 0.3) is 5.91 Å². The van der Waals surface area contributed by atoms with E-state index in [9.17, 15) is 14.4 Å². The molecule has 3 rings (SSSR count). The van der Waals surface area contributed by atoms with E-state index in [2.05, 4.69) is 0 Å². The predicted molar refractivity (Wildman–Crippen MR) is 116 cm³/mol. The molecule has 0 spiro atoms. The molecule has 6 heteroatoms. The van der Waals surface area contributed by atoms with Crippen molar-refractivity contribution in [2.75, 3.05) is 23.0 Å². The van der Waals surface area contributed by atoms with E-state index in [0.717, 1.165) is 23.4 Å². The standard InChI is InChI=1S/C24H28N2O4/c1-4-18-10-8-9-13-21(18)25-15-19(14-22(25)27)24(29)30-16-23(28)26(17(2)3)20-11-6-5-7-12-20/h5-13,17,19H,4,14-16H2,1-3H3/t19-/m0/s1. The molecule has 30 heavy (non-hydrogen) atoms. The third-order valence-electron chi connectivity index (χ3n) is 5.28. The highest BCUT2D eigenvalue weighted by molar-refractivity contribution is 6.00. The summed E-state index contributed by atoms with van der Waals surface area (Å²) in [5.74, 6) is -1.47. The van der Waals surface area contributed by atoms with Gasteiger partial charge in [-0.05, 0) is 44.0 Å². The first-order valence-corrected chi connectivity index (χ1v) is 10.3. The van der Waals surface area contributed by atoms with Gasteiger partial charge in [-0.3, -0.25) is 14.4 Å². The molecule has 0 unspecified atom stereocenters. The number of ether oxygens (including phenoxy) is 1. The van der Waals surface area contributed by atoms with Crippen molar-refractivity contribution in [1.82, 2.24) is 0 Å². The topological polar surface area (TPSA) is 66.9 Å². The van der Waals surface area contributed by atoms with Crippen LogP contribution in [0.4, 0.5) is 11.4 Å². The second-order valence-corrected chi connectivity index (χ2v) is 7.69. The van der Waals surface area contributed by atoms with Gasteiger partial charge in [0.2, 0.25) is 5.91 Å². The van der Waals surface area contributed by atoms with Gasteiger partial charge in [-0.2, -0.15) is 0 Å². The van der Waals surface area contributed by atoms with Crippen LogP contribution in [0.15, 0.2) is 54.6 Å². The lowest BCUT2D eigenvalue weighted by Crippen LogP contribution is -2.40. The van der Waals surface area contributed by atoms with E-state index in [4.69, 9.17) is 4.74 Å². The molecule has 2 aromatic rings. The number of benzene rings is 2. The predicted octanol–water partition coefficient (Wildman–Crippen LogP) is 3.59. The minimum Gasteiger partial charge on any atom is -0.455 e. The third-order valence-corrected chi connectivity index (χ3v) is 5.28. The maximum Gasteiger partial charge on any atom is 0.311 e. The molecule has 6 nitrogen and oxygen atoms in total. The van der Waals surface area contributed by atoms with Crippen molar-refractivity contribution in [3.8, 4) is 0 Å². The van der Waals surface area contributed by atoms with Gasteiger partial charge in [0.15, 0.2) is 6.61 Å². The van der Waals surface area contributed by atoms with Crippen LogP contribution in [-0.2, 0) is 25.5 Å². The Hall–Kier alpha value is -3.15. The number of rotatable bonds is 7. The van der Waals surface area contributed by atoms with Gasteiger partial charge < -0.3 is 14.5 Å². The summed E-state index contributed by atoms with van der Waals surface area (Å²) >= 11 is 0. The molecular weight excluding hydrogens is 380 g/mol. The van der Waals surface area contributed by atoms with Crippen LogP contribution < -0.4 is 9.80 Å². The lowest BCUT2D eigenvalue weighted by atomic mass is 10.1. The fourth-order valence-electron chi connectivity index (χ4n) is 3.81. The monoisotopic (exact) mass is 408 g/mol. The second kappa shape index (κ2) is 9.57. The van der Waals surface area contributed by atoms with Crippen LogP contribution in [0.1, 0.15) is 32.8 Å². The van der Waals surface area contributed by atoms with Gasteiger partial charge in [-0.15, -0.1) is 0 Å². The van der Waals surface area contributed by atoms with Crippen LogP contribution in [0.5, 0.6) is 0 Å². The van der Waals surface area contributed by atoms with Crippen LogP contribution in [-0.4, -0.2) is 37.0 Å². The molecular formula is C24H28N2O4. The summed E-state index contributed by atoms with van der Waals surface area (Å²) in [6.07, 6.45) is 0.895. The maximum atomic E-state index is 12.7. The van der Waals surface area contributed by atoms with Gasteiger partial charge in [0.1, 0.15) is 0 Å². The van der Waals surface area contributed by atoms with Crippen molar-refractivity contribution in [3.63, 3.8) is 0 Å². The van der Waals surface area contributed by atoms with E-state index in [1.165, 1.54) is 0 Å². The first-order chi connectivity index (χ1) is 14.4. The molecule has 1 aliphatic rings. The zero-order valence-corrected chi connectivity index (χ0v) is 17.7. The zero-order chi connectivity index (χ0) is 21.7. The van der Waals surface area contributed by atoms with Crippen molar-refractivity contribution in [2.45, 2.75) is 39.7 Å². The largest absolute Gasteiger partial charge is 0.455 e. The summed E-state index contributed by atoms with van der Waals surface area (Å²) in [7, 11) is 0. The number of hydrogen-bond donors (Lipinski definition) is 0. The van der Waals surface area contributed by atoms with Crippen LogP contribution in [0, 0.1) is 5.92 Å². The molecule has 0 radical (unpaired) electrons. The van der Waals surface area contributed by atoms with Crippen LogP contribution in [0.3, 0.4) is 0 Å². The van der Waals surface area contributed by atoms with Crippen LogP contribution in [0.25, 0.3) is 0 Å². The molecule has 1 heterocycles. The summed E-state index contributed by atoms with van der Waals surface area (Å²) < 4.78 is 5.32. The summed E-state index contributed by atoms with van der Waals surface area (Å²) in [6.45, 7) is 5.78. The quantitative estimate of drug-likeness (QED) is 0.657. The molecule has 0 aromatic heterocycles. The maximum absolute atomic E-state index is 12.7. The first-order valence-electron chi connectivity index (χ1n) is 10.3. The van der Waals surface area contributed by atoms with Gasteiger partial charge in [0, 0.05) is 30.4 Å². The number of para-hydroxylation sites is 2. The Kier molecular flexibility index (Phi) is 6.87. The fraction of sp³-hybridized carbons (Fsp3) is 0.375. The molecule has 158 valence electrons. The lowest BCUT2D eigenvalue weighted by molar-refractivity contribution is -0.151. The molecule has 1 fully saturated rings. The van der Waals surface area contributed by atoms with Crippen molar-refractivity contribution >= 4 is 29.2 Å². The zero-order valence-electron chi connectivity index (χ0n) is 17.7. The van der Waals surface area contributed by atoms with Gasteiger partial charge in [0.05, 0.1) is 5.92 Å². The minimum atomic E-state index is -0.570. The summed E-state index contributed by atoms with van der Waals surface area (Å²) in [5, 5.41) is 0. The molecule has 2 amide bonds. The Balaban J connectivity index is 1.62. The first kappa shape index (κ1) is 21.6. The Bertz CT molecular complexity index is 910. The van der Waals surface area contributed by atoms with Crippen molar-refractivity contribution < 1.29 is 19.1 Å². The fourth-order valence-corrected chi connectivity index (χ4v) is 3.81. The van der Waals surface area contributed by atoms with E-state index in [-0.39, 0.29) is 37.4 Å². The van der Waals surface area contributed by atoms with Crippen molar-refractivity contribution in [2.24, 2.45) is 5.92 Å². The number of amides is 2. The summed E-state index contributed by atoms with van der Waals surface area (Å²) in [4.78, 5) is 41.1. The Morgan fingerprint density at radius 2 is 1.77 bits per heavy atom. The number of aryl methyl sites for hydroxylation is 1. The van der Waals surface area contributed by atoms with Crippen LogP contribution in [0.2, 0.25) is 0 Å². The molecule has 1 saturated heterocycles. The number of nitrogens with zero attached hydrogens (tertiary/aromatic N) is 2. The van der Waals surface area contributed by atoms with Crippen molar-refractivity contribution in [1.29, 1.82) is 0 Å². The lowest BCUT2D eigenvalue weighted by Gasteiger charge is -2.26. The van der Waals surface area contributed by atoms with E-state index in [1.54, 1.807) is 9.80 Å². The molecule has 0 aliphatic carbocycles. The molecule has 1 aliphatic heterocycles. The minimum absolute atomic E-state index is 0.0762. The normalized spacial score (nSPS) is 16.1. The smallest absolute Gasteiger partial charge is 0.311 e. The number of anilines is 2. The van der Waals surface area contributed by atoms with E-state index >= 15 is 0 Å². The Labute approximate surface area is 177 Å². The third kappa shape index (κ3) is 4.70. The molecule has 2 aromatic carbocycles. The SMILES string of the molecule is CCc1ccccc1N1C[C@@H](C(=O)OCC(=O)N(c2ccccc2)C(C)C)CC1=O. The molecule has 1 atom stereocenters. The Morgan fingerprint density at radius 1 is 1.10 bits per heavy atom. The van der Waals surface area contributed by atoms with Crippen LogP contribution >= 0.6 is 0 Å². The number of esters is 1. The van der Waals surface area contributed by atoms with E-state index in [1.807, 2.05) is 75.4 Å². The molecule has 0 N–H and O–H groups in total. The molecule has 0 bridgehead atoms. The van der Waals surface area contributed by atoms with Gasteiger partial charge >= 0.3 is 5.97 Å². The summed E-state index contributed by atoms with van der Waals surface area (Å²) in [6, 6.07) is 16.9. The van der Waals surface area contributed by atoms with Gasteiger partial charge in [-0.1, -0.05) is 43.3 Å². The highest BCUT2D eigenvalue weighted by Crippen LogP contribution is 2.29. The average molecular weight is 408 g/mol. The number of carbonyl (C=O) groups excluding carboxylic acids is 3. The number of hydrogen-bond acceptors (Lipinski definition) is 4. The highest BCUT2D eigenvalue weighted by Gasteiger charge is 2.37. The second-order valence-electron chi connectivity index (χ2n) is 7.69. The Morgan fingerprint density at radius 3 is 2.43 bits per heavy atom.